The normalized spacial score (nSPS) is 10.6. The van der Waals surface area contributed by atoms with E-state index in [9.17, 15) is 4.79 Å². The van der Waals surface area contributed by atoms with Crippen LogP contribution in [-0.4, -0.2) is 41.7 Å². The van der Waals surface area contributed by atoms with Crippen LogP contribution >= 0.6 is 11.6 Å². The lowest BCUT2D eigenvalue weighted by Gasteiger charge is -2.10. The van der Waals surface area contributed by atoms with Gasteiger partial charge in [0.25, 0.3) is 5.91 Å². The van der Waals surface area contributed by atoms with Gasteiger partial charge < -0.3 is 14.7 Å². The van der Waals surface area contributed by atoms with Gasteiger partial charge in [0.05, 0.1) is 0 Å². The van der Waals surface area contributed by atoms with Crippen LogP contribution in [0.3, 0.4) is 0 Å². The summed E-state index contributed by atoms with van der Waals surface area (Å²) in [6.07, 6.45) is 2.14. The lowest BCUT2D eigenvalue weighted by molar-refractivity contribution is 0.0953. The maximum absolute atomic E-state index is 12.1. The van der Waals surface area contributed by atoms with Crippen LogP contribution in [0.5, 0.6) is 0 Å². The summed E-state index contributed by atoms with van der Waals surface area (Å²) in [5.74, 6) is 1.56. The highest BCUT2D eigenvalue weighted by molar-refractivity contribution is 6.30. The molecule has 0 radical (unpaired) electrons. The first-order valence-corrected chi connectivity index (χ1v) is 8.41. The van der Waals surface area contributed by atoms with Crippen molar-refractivity contribution in [3.05, 3.63) is 59.1 Å². The summed E-state index contributed by atoms with van der Waals surface area (Å²) in [5, 5.41) is 7.32. The molecule has 0 saturated heterocycles. The first kappa shape index (κ1) is 17.9. The summed E-state index contributed by atoms with van der Waals surface area (Å²) in [5.41, 5.74) is 1.33. The topological polar surface area (TPSA) is 84.2 Å². The molecule has 1 amide bonds. The van der Waals surface area contributed by atoms with Crippen molar-refractivity contribution in [2.24, 2.45) is 0 Å². The number of rotatable bonds is 6. The highest BCUT2D eigenvalue weighted by Crippen LogP contribution is 2.19. The van der Waals surface area contributed by atoms with Crippen molar-refractivity contribution in [3.8, 4) is 11.4 Å². The Bertz CT molecular complexity index is 910. The van der Waals surface area contributed by atoms with Gasteiger partial charge in [-0.1, -0.05) is 22.8 Å². The van der Waals surface area contributed by atoms with Gasteiger partial charge in [0, 0.05) is 49.4 Å². The maximum Gasteiger partial charge on any atom is 0.251 e. The van der Waals surface area contributed by atoms with Crippen molar-refractivity contribution in [1.82, 2.24) is 20.4 Å². The summed E-state index contributed by atoms with van der Waals surface area (Å²) in [6.45, 7) is 0.381. The van der Waals surface area contributed by atoms with Crippen LogP contribution in [0.1, 0.15) is 16.2 Å². The number of anilines is 1. The van der Waals surface area contributed by atoms with Crippen LogP contribution in [0.4, 0.5) is 5.82 Å². The summed E-state index contributed by atoms with van der Waals surface area (Å²) >= 11 is 5.89. The molecule has 26 heavy (non-hydrogen) atoms. The fourth-order valence-electron chi connectivity index (χ4n) is 2.29. The van der Waals surface area contributed by atoms with E-state index >= 15 is 0 Å². The molecule has 7 nitrogen and oxygen atoms in total. The number of pyridine rings is 1. The molecule has 0 atom stereocenters. The highest BCUT2D eigenvalue weighted by atomic mass is 35.5. The third kappa shape index (κ3) is 4.37. The summed E-state index contributed by atoms with van der Waals surface area (Å²) in [7, 11) is 3.83. The van der Waals surface area contributed by atoms with Gasteiger partial charge in [-0.25, -0.2) is 4.98 Å². The highest BCUT2D eigenvalue weighted by Gasteiger charge is 2.11. The van der Waals surface area contributed by atoms with Crippen LogP contribution in [0, 0.1) is 0 Å². The van der Waals surface area contributed by atoms with Crippen molar-refractivity contribution >= 4 is 23.3 Å². The molecule has 0 spiro atoms. The van der Waals surface area contributed by atoms with Gasteiger partial charge in [-0.05, 0) is 30.3 Å². The summed E-state index contributed by atoms with van der Waals surface area (Å²) < 4.78 is 5.26. The van der Waals surface area contributed by atoms with E-state index in [0.29, 0.717) is 35.3 Å². The van der Waals surface area contributed by atoms with Crippen molar-refractivity contribution in [2.45, 2.75) is 6.42 Å². The number of hydrogen-bond donors (Lipinski definition) is 1. The Morgan fingerprint density at radius 2 is 2.12 bits per heavy atom. The number of carbonyl (C=O) groups is 1. The number of nitrogens with zero attached hydrogens (tertiary/aromatic N) is 4. The molecule has 8 heteroatoms. The molecule has 1 N–H and O–H groups in total. The first-order chi connectivity index (χ1) is 12.5. The SMILES string of the molecule is CN(C)c1cc(-c2noc(CCNC(=O)c3cccc(Cl)c3)n2)ccn1. The van der Waals surface area contributed by atoms with E-state index in [1.807, 2.05) is 31.1 Å². The van der Waals surface area contributed by atoms with Gasteiger partial charge in [-0.2, -0.15) is 4.98 Å². The first-order valence-electron chi connectivity index (χ1n) is 8.03. The van der Waals surface area contributed by atoms with Gasteiger partial charge >= 0.3 is 0 Å². The quantitative estimate of drug-likeness (QED) is 0.717. The monoisotopic (exact) mass is 371 g/mol. The van der Waals surface area contributed by atoms with Crippen LogP contribution < -0.4 is 10.2 Å². The zero-order valence-corrected chi connectivity index (χ0v) is 15.2. The predicted octanol–water partition coefficient (Wildman–Crippen LogP) is 2.82. The molecule has 134 valence electrons. The van der Waals surface area contributed by atoms with Crippen molar-refractivity contribution in [1.29, 1.82) is 0 Å². The van der Waals surface area contributed by atoms with E-state index in [4.69, 9.17) is 16.1 Å². The minimum absolute atomic E-state index is 0.197. The third-order valence-corrected chi connectivity index (χ3v) is 3.88. The van der Waals surface area contributed by atoms with E-state index in [2.05, 4.69) is 20.4 Å². The Kier molecular flexibility index (Phi) is 5.48. The average Bonchev–Trinajstić information content (AvgIpc) is 3.10. The Labute approximate surface area is 156 Å². The summed E-state index contributed by atoms with van der Waals surface area (Å²) in [4.78, 5) is 22.6. The minimum atomic E-state index is -0.197. The fraction of sp³-hybridized carbons (Fsp3) is 0.222. The molecule has 0 unspecified atom stereocenters. The van der Waals surface area contributed by atoms with E-state index in [0.717, 1.165) is 11.4 Å². The Morgan fingerprint density at radius 3 is 2.88 bits per heavy atom. The zero-order valence-electron chi connectivity index (χ0n) is 14.4. The molecule has 0 fully saturated rings. The minimum Gasteiger partial charge on any atom is -0.363 e. The number of aromatic nitrogens is 3. The predicted molar refractivity (Wildman–Crippen MR) is 99.3 cm³/mol. The molecular formula is C18H18ClN5O2. The molecule has 3 aromatic rings. The van der Waals surface area contributed by atoms with Crippen molar-refractivity contribution < 1.29 is 9.32 Å². The molecule has 2 heterocycles. The van der Waals surface area contributed by atoms with Crippen molar-refractivity contribution in [3.63, 3.8) is 0 Å². The molecule has 0 bridgehead atoms. The van der Waals surface area contributed by atoms with Crippen LogP contribution in [0.25, 0.3) is 11.4 Å². The number of hydrogen-bond acceptors (Lipinski definition) is 6. The van der Waals surface area contributed by atoms with E-state index in [1.54, 1.807) is 30.5 Å². The second-order valence-corrected chi connectivity index (χ2v) is 6.26. The van der Waals surface area contributed by atoms with Gasteiger partial charge in [-0.15, -0.1) is 0 Å². The molecular weight excluding hydrogens is 354 g/mol. The largest absolute Gasteiger partial charge is 0.363 e. The van der Waals surface area contributed by atoms with E-state index in [1.165, 1.54) is 0 Å². The zero-order chi connectivity index (χ0) is 18.5. The van der Waals surface area contributed by atoms with Gasteiger partial charge in [0.15, 0.2) is 0 Å². The van der Waals surface area contributed by atoms with Crippen LogP contribution in [0.2, 0.25) is 5.02 Å². The molecule has 1 aromatic carbocycles. The number of amides is 1. The van der Waals surface area contributed by atoms with E-state index < -0.39 is 0 Å². The lowest BCUT2D eigenvalue weighted by Crippen LogP contribution is -2.25. The Balaban J connectivity index is 1.59. The Morgan fingerprint density at radius 1 is 1.27 bits per heavy atom. The molecule has 0 aliphatic rings. The van der Waals surface area contributed by atoms with Crippen molar-refractivity contribution in [2.75, 3.05) is 25.5 Å². The fourth-order valence-corrected chi connectivity index (χ4v) is 2.48. The third-order valence-electron chi connectivity index (χ3n) is 3.64. The summed E-state index contributed by atoms with van der Waals surface area (Å²) in [6, 6.07) is 10.5. The standard InChI is InChI=1S/C18H18ClN5O2/c1-24(2)15-11-12(6-8-20-15)17-22-16(26-23-17)7-9-21-18(25)13-4-3-5-14(19)10-13/h3-6,8,10-11H,7,9H2,1-2H3,(H,21,25). The second kappa shape index (κ2) is 7.97. The average molecular weight is 372 g/mol. The number of nitrogens with one attached hydrogen (secondary N) is 1. The molecule has 2 aromatic heterocycles. The maximum atomic E-state index is 12.1. The number of carbonyl (C=O) groups excluding carboxylic acids is 1. The number of benzene rings is 1. The smallest absolute Gasteiger partial charge is 0.251 e. The van der Waals surface area contributed by atoms with Crippen LogP contribution in [0.15, 0.2) is 47.1 Å². The second-order valence-electron chi connectivity index (χ2n) is 5.83. The van der Waals surface area contributed by atoms with Crippen LogP contribution in [-0.2, 0) is 6.42 Å². The van der Waals surface area contributed by atoms with Gasteiger partial charge in [-0.3, -0.25) is 4.79 Å². The molecule has 0 saturated carbocycles. The molecule has 3 rings (SSSR count). The van der Waals surface area contributed by atoms with Gasteiger partial charge in [0.2, 0.25) is 11.7 Å². The lowest BCUT2D eigenvalue weighted by atomic mass is 10.2. The molecule has 0 aliphatic carbocycles. The van der Waals surface area contributed by atoms with E-state index in [-0.39, 0.29) is 5.91 Å². The van der Waals surface area contributed by atoms with Gasteiger partial charge in [0.1, 0.15) is 5.82 Å². The Hall–Kier alpha value is -2.93. The number of halogens is 1. The molecule has 0 aliphatic heterocycles.